The summed E-state index contributed by atoms with van der Waals surface area (Å²) in [6.45, 7) is 8.02. The van der Waals surface area contributed by atoms with Crippen LogP contribution < -0.4 is 0 Å². The third-order valence-corrected chi connectivity index (χ3v) is 3.06. The zero-order valence-electron chi connectivity index (χ0n) is 10.4. The van der Waals surface area contributed by atoms with Crippen LogP contribution in [0, 0.1) is 5.92 Å². The number of rotatable bonds is 5. The molecule has 0 spiro atoms. The van der Waals surface area contributed by atoms with Gasteiger partial charge in [0, 0.05) is 12.6 Å². The highest BCUT2D eigenvalue weighted by Gasteiger charge is 2.17. The number of ether oxygens (including phenoxy) is 1. The van der Waals surface area contributed by atoms with Crippen molar-refractivity contribution in [3.05, 3.63) is 12.2 Å². The fraction of sp³-hybridized carbons (Fsp3) is 0.769. The molecule has 0 bridgehead atoms. The summed E-state index contributed by atoms with van der Waals surface area (Å²) in [6, 6.07) is 0. The molecule has 3 heteroatoms. The van der Waals surface area contributed by atoms with Gasteiger partial charge in [0.15, 0.2) is 0 Å². The predicted molar refractivity (Wildman–Crippen MR) is 65.2 cm³/mol. The molecule has 3 nitrogen and oxygen atoms in total. The van der Waals surface area contributed by atoms with Gasteiger partial charge in [0.05, 0.1) is 6.61 Å². The van der Waals surface area contributed by atoms with E-state index in [1.807, 2.05) is 13.0 Å². The minimum atomic E-state index is -0.217. The van der Waals surface area contributed by atoms with E-state index in [4.69, 9.17) is 4.74 Å². The van der Waals surface area contributed by atoms with Crippen LogP contribution >= 0.6 is 0 Å². The first kappa shape index (κ1) is 13.2. The molecule has 0 aromatic heterocycles. The summed E-state index contributed by atoms with van der Waals surface area (Å²) >= 11 is 0. The summed E-state index contributed by atoms with van der Waals surface area (Å²) in [5.74, 6) is 0.491. The standard InChI is InChI=1S/C13H23NO2/c1-3-14-10-6-8-12(11-14)7-5-9-13(15)16-4-2/h5,9,12H,3-4,6-8,10-11H2,1-2H3. The Bertz CT molecular complexity index is 238. The van der Waals surface area contributed by atoms with Gasteiger partial charge in [-0.3, -0.25) is 0 Å². The molecule has 0 aromatic rings. The van der Waals surface area contributed by atoms with Gasteiger partial charge in [0.25, 0.3) is 0 Å². The molecular weight excluding hydrogens is 202 g/mol. The summed E-state index contributed by atoms with van der Waals surface area (Å²) < 4.78 is 4.84. The first-order valence-electron chi connectivity index (χ1n) is 6.31. The summed E-state index contributed by atoms with van der Waals surface area (Å²) in [6.07, 6.45) is 7.08. The van der Waals surface area contributed by atoms with Crippen LogP contribution in [0.2, 0.25) is 0 Å². The fourth-order valence-corrected chi connectivity index (χ4v) is 2.18. The van der Waals surface area contributed by atoms with E-state index in [2.05, 4.69) is 11.8 Å². The maximum Gasteiger partial charge on any atom is 0.330 e. The molecule has 1 aliphatic rings. The number of carbonyl (C=O) groups excluding carboxylic acids is 1. The average molecular weight is 225 g/mol. The molecule has 0 amide bonds. The molecule has 16 heavy (non-hydrogen) atoms. The molecule has 1 fully saturated rings. The lowest BCUT2D eigenvalue weighted by Crippen LogP contribution is -2.34. The van der Waals surface area contributed by atoms with Gasteiger partial charge in [0.2, 0.25) is 0 Å². The molecule has 92 valence electrons. The van der Waals surface area contributed by atoms with E-state index in [0.717, 1.165) is 13.0 Å². The molecule has 1 unspecified atom stereocenters. The molecule has 0 N–H and O–H groups in total. The van der Waals surface area contributed by atoms with Crippen LogP contribution in [0.25, 0.3) is 0 Å². The normalized spacial score (nSPS) is 22.5. The van der Waals surface area contributed by atoms with Crippen molar-refractivity contribution in [3.63, 3.8) is 0 Å². The van der Waals surface area contributed by atoms with E-state index < -0.39 is 0 Å². The van der Waals surface area contributed by atoms with Crippen molar-refractivity contribution in [1.82, 2.24) is 4.90 Å². The first-order valence-corrected chi connectivity index (χ1v) is 6.31. The van der Waals surface area contributed by atoms with Crippen LogP contribution in [-0.4, -0.2) is 37.1 Å². The molecule has 0 radical (unpaired) electrons. The zero-order valence-corrected chi connectivity index (χ0v) is 10.4. The van der Waals surface area contributed by atoms with E-state index in [1.165, 1.54) is 25.9 Å². The Morgan fingerprint density at radius 3 is 3.00 bits per heavy atom. The van der Waals surface area contributed by atoms with Gasteiger partial charge in [0.1, 0.15) is 0 Å². The highest BCUT2D eigenvalue weighted by molar-refractivity contribution is 5.81. The Kier molecular flexibility index (Phi) is 6.16. The number of allylic oxidation sites excluding steroid dienone is 1. The number of hydrogen-bond acceptors (Lipinski definition) is 3. The monoisotopic (exact) mass is 225 g/mol. The molecule has 0 saturated carbocycles. The lowest BCUT2D eigenvalue weighted by molar-refractivity contribution is -0.137. The van der Waals surface area contributed by atoms with E-state index in [9.17, 15) is 4.79 Å². The van der Waals surface area contributed by atoms with E-state index in [-0.39, 0.29) is 5.97 Å². The van der Waals surface area contributed by atoms with Crippen LogP contribution in [0.5, 0.6) is 0 Å². The Balaban J connectivity index is 2.23. The average Bonchev–Trinajstić information content (AvgIpc) is 2.30. The summed E-state index contributed by atoms with van der Waals surface area (Å²) in [5, 5.41) is 0. The van der Waals surface area contributed by atoms with E-state index >= 15 is 0 Å². The smallest absolute Gasteiger partial charge is 0.330 e. The number of likely N-dealkylation sites (tertiary alicyclic amines) is 1. The van der Waals surface area contributed by atoms with Gasteiger partial charge in [-0.2, -0.15) is 0 Å². The Hall–Kier alpha value is -0.830. The lowest BCUT2D eigenvalue weighted by Gasteiger charge is -2.31. The van der Waals surface area contributed by atoms with Gasteiger partial charge >= 0.3 is 5.97 Å². The molecule has 0 aliphatic carbocycles. The van der Waals surface area contributed by atoms with Crippen LogP contribution in [-0.2, 0) is 9.53 Å². The lowest BCUT2D eigenvalue weighted by atomic mass is 9.95. The largest absolute Gasteiger partial charge is 0.463 e. The maximum atomic E-state index is 11.1. The molecule has 1 aliphatic heterocycles. The number of piperidine rings is 1. The predicted octanol–water partition coefficient (Wildman–Crippen LogP) is 2.23. The second-order valence-corrected chi connectivity index (χ2v) is 4.29. The maximum absolute atomic E-state index is 11.1. The van der Waals surface area contributed by atoms with E-state index in [1.54, 1.807) is 6.08 Å². The van der Waals surface area contributed by atoms with Crippen LogP contribution in [0.1, 0.15) is 33.1 Å². The van der Waals surface area contributed by atoms with Crippen molar-refractivity contribution >= 4 is 5.97 Å². The second-order valence-electron chi connectivity index (χ2n) is 4.29. The van der Waals surface area contributed by atoms with Crippen LogP contribution in [0.4, 0.5) is 0 Å². The van der Waals surface area contributed by atoms with Crippen LogP contribution in [0.15, 0.2) is 12.2 Å². The third-order valence-electron chi connectivity index (χ3n) is 3.06. The molecular formula is C13H23NO2. The number of nitrogens with zero attached hydrogens (tertiary/aromatic N) is 1. The SMILES string of the molecule is CCOC(=O)C=CCC1CCCN(CC)C1. The van der Waals surface area contributed by atoms with Crippen LogP contribution in [0.3, 0.4) is 0 Å². The van der Waals surface area contributed by atoms with Gasteiger partial charge in [-0.25, -0.2) is 4.79 Å². The number of hydrogen-bond donors (Lipinski definition) is 0. The van der Waals surface area contributed by atoms with Crippen molar-refractivity contribution in [2.24, 2.45) is 5.92 Å². The summed E-state index contributed by atoms with van der Waals surface area (Å²) in [5.41, 5.74) is 0. The number of esters is 1. The Morgan fingerprint density at radius 1 is 1.50 bits per heavy atom. The summed E-state index contributed by atoms with van der Waals surface area (Å²) in [4.78, 5) is 13.6. The number of carbonyl (C=O) groups is 1. The van der Waals surface area contributed by atoms with Crippen molar-refractivity contribution in [3.8, 4) is 0 Å². The Labute approximate surface area is 98.5 Å². The first-order chi connectivity index (χ1) is 7.76. The van der Waals surface area contributed by atoms with Crippen molar-refractivity contribution in [2.45, 2.75) is 33.1 Å². The second kappa shape index (κ2) is 7.44. The van der Waals surface area contributed by atoms with Crippen molar-refractivity contribution in [2.75, 3.05) is 26.2 Å². The topological polar surface area (TPSA) is 29.5 Å². The minimum absolute atomic E-state index is 0.217. The molecule has 1 rings (SSSR count). The molecule has 1 atom stereocenters. The zero-order chi connectivity index (χ0) is 11.8. The van der Waals surface area contributed by atoms with Gasteiger partial charge in [-0.1, -0.05) is 13.0 Å². The quantitative estimate of drug-likeness (QED) is 0.531. The fourth-order valence-electron chi connectivity index (χ4n) is 2.18. The highest BCUT2D eigenvalue weighted by atomic mass is 16.5. The minimum Gasteiger partial charge on any atom is -0.463 e. The van der Waals surface area contributed by atoms with Gasteiger partial charge in [-0.15, -0.1) is 0 Å². The molecule has 1 heterocycles. The van der Waals surface area contributed by atoms with Gasteiger partial charge < -0.3 is 9.64 Å². The van der Waals surface area contributed by atoms with E-state index in [0.29, 0.717) is 12.5 Å². The summed E-state index contributed by atoms with van der Waals surface area (Å²) in [7, 11) is 0. The highest BCUT2D eigenvalue weighted by Crippen LogP contribution is 2.19. The van der Waals surface area contributed by atoms with Crippen molar-refractivity contribution < 1.29 is 9.53 Å². The van der Waals surface area contributed by atoms with Gasteiger partial charge in [-0.05, 0) is 45.2 Å². The van der Waals surface area contributed by atoms with Crippen molar-refractivity contribution in [1.29, 1.82) is 0 Å². The molecule has 1 saturated heterocycles. The third kappa shape index (κ3) is 4.79. The Morgan fingerprint density at radius 2 is 2.31 bits per heavy atom. The molecule has 0 aromatic carbocycles.